The smallest absolute Gasteiger partial charge is 0.262 e. The first-order valence-corrected chi connectivity index (χ1v) is 16.1. The van der Waals surface area contributed by atoms with Gasteiger partial charge in [0.15, 0.2) is 21.4 Å². The largest absolute Gasteiger partial charge is 0.289 e. The first kappa shape index (κ1) is 27.1. The number of hydrogen-bond donors (Lipinski definition) is 1. The fraction of sp³-hybridized carbons (Fsp3) is 0.0714. The van der Waals surface area contributed by atoms with Gasteiger partial charge in [-0.1, -0.05) is 60.1 Å². The van der Waals surface area contributed by atoms with Crippen molar-refractivity contribution in [2.75, 3.05) is 16.2 Å². The molecule has 0 aromatic heterocycles. The van der Waals surface area contributed by atoms with Gasteiger partial charge >= 0.3 is 0 Å². The topological polar surface area (TPSA) is 114 Å². The summed E-state index contributed by atoms with van der Waals surface area (Å²) in [5, 5.41) is 0.430. The summed E-state index contributed by atoms with van der Waals surface area (Å²) in [7, 11) is -7.88. The molecule has 1 aliphatic rings. The van der Waals surface area contributed by atoms with E-state index in [9.17, 15) is 26.4 Å². The third-order valence-electron chi connectivity index (χ3n) is 6.12. The first-order chi connectivity index (χ1) is 18.6. The molecule has 1 N–H and O–H groups in total. The van der Waals surface area contributed by atoms with Gasteiger partial charge in [-0.05, 0) is 42.5 Å². The Kier molecular flexibility index (Phi) is 7.39. The number of hydrogen-bond acceptors (Lipinski definition) is 7. The Bertz CT molecular complexity index is 1840. The van der Waals surface area contributed by atoms with Gasteiger partial charge in [-0.3, -0.25) is 14.3 Å². The van der Waals surface area contributed by atoms with Crippen molar-refractivity contribution < 1.29 is 26.4 Å². The van der Waals surface area contributed by atoms with Crippen LogP contribution in [-0.2, 0) is 19.9 Å². The number of rotatable bonds is 8. The summed E-state index contributed by atoms with van der Waals surface area (Å²) in [6, 6.07) is 22.9. The van der Waals surface area contributed by atoms with Crippen molar-refractivity contribution in [2.24, 2.45) is 0 Å². The lowest BCUT2D eigenvalue weighted by atomic mass is 9.84. The third-order valence-corrected chi connectivity index (χ3v) is 10.8. The maximum Gasteiger partial charge on any atom is 0.262 e. The van der Waals surface area contributed by atoms with Crippen molar-refractivity contribution in [3.63, 3.8) is 0 Å². The third kappa shape index (κ3) is 5.38. The van der Waals surface area contributed by atoms with Crippen molar-refractivity contribution >= 4 is 60.5 Å². The standard InChI is InChI=1S/C28H20ClNO6S3/c29-18-12-14-19(15-13-18)38(33,34)17-16-37-24-10-4-3-9-23(24)30-39(35,36)25-11-5-8-22-26(25)28(32)21-7-2-1-6-20(21)27(22)31/h1-15,30H,16-17H2. The molecule has 0 radical (unpaired) electrons. The van der Waals surface area contributed by atoms with Crippen LogP contribution in [0.3, 0.4) is 0 Å². The van der Waals surface area contributed by atoms with E-state index in [2.05, 4.69) is 4.72 Å². The van der Waals surface area contributed by atoms with Crippen LogP contribution in [0.5, 0.6) is 0 Å². The molecule has 11 heteroatoms. The van der Waals surface area contributed by atoms with Crippen LogP contribution in [0.15, 0.2) is 106 Å². The lowest BCUT2D eigenvalue weighted by Crippen LogP contribution is -2.25. The van der Waals surface area contributed by atoms with Crippen LogP contribution in [0, 0.1) is 0 Å². The number of halogens is 1. The summed E-state index contributed by atoms with van der Waals surface area (Å²) in [6.45, 7) is 0. The molecule has 198 valence electrons. The van der Waals surface area contributed by atoms with Gasteiger partial charge in [0.1, 0.15) is 0 Å². The van der Waals surface area contributed by atoms with Gasteiger partial charge in [0, 0.05) is 32.4 Å². The lowest BCUT2D eigenvalue weighted by molar-refractivity contribution is 0.0976. The maximum atomic E-state index is 13.5. The predicted octanol–water partition coefficient (Wildman–Crippen LogP) is 5.48. The highest BCUT2D eigenvalue weighted by molar-refractivity contribution is 8.01. The first-order valence-electron chi connectivity index (χ1n) is 11.6. The molecule has 0 atom stereocenters. The molecule has 1 aliphatic carbocycles. The van der Waals surface area contributed by atoms with E-state index in [4.69, 9.17) is 11.6 Å². The van der Waals surface area contributed by atoms with Crippen molar-refractivity contribution in [1.29, 1.82) is 0 Å². The van der Waals surface area contributed by atoms with Gasteiger partial charge < -0.3 is 0 Å². The average Bonchev–Trinajstić information content (AvgIpc) is 2.92. The number of ketones is 2. The van der Waals surface area contributed by atoms with E-state index >= 15 is 0 Å². The Labute approximate surface area is 235 Å². The fourth-order valence-electron chi connectivity index (χ4n) is 4.24. The SMILES string of the molecule is O=C1c2ccccc2C(=O)c2c1cccc2S(=O)(=O)Nc1ccccc1SCCS(=O)(=O)c1ccc(Cl)cc1. The Morgan fingerprint density at radius 2 is 1.31 bits per heavy atom. The van der Waals surface area contributed by atoms with Gasteiger partial charge in [0.25, 0.3) is 10.0 Å². The van der Waals surface area contributed by atoms with Crippen molar-refractivity contribution in [2.45, 2.75) is 14.7 Å². The molecule has 0 spiro atoms. The number of carbonyl (C=O) groups excluding carboxylic acids is 2. The van der Waals surface area contributed by atoms with Crippen LogP contribution in [0.4, 0.5) is 5.69 Å². The van der Waals surface area contributed by atoms with Gasteiger partial charge in [-0.2, -0.15) is 0 Å². The fourth-order valence-corrected chi connectivity index (χ4v) is 8.40. The average molecular weight is 598 g/mol. The number of anilines is 1. The second-order valence-electron chi connectivity index (χ2n) is 8.61. The minimum atomic E-state index is -4.30. The van der Waals surface area contributed by atoms with Crippen molar-refractivity contribution in [3.05, 3.63) is 118 Å². The number of sulfonamides is 1. The molecule has 0 heterocycles. The van der Waals surface area contributed by atoms with Crippen LogP contribution < -0.4 is 4.72 Å². The molecule has 0 bridgehead atoms. The summed E-state index contributed by atoms with van der Waals surface area (Å²) < 4.78 is 55.0. The Hall–Kier alpha value is -3.44. The number of para-hydroxylation sites is 1. The van der Waals surface area contributed by atoms with Gasteiger partial charge in [-0.25, -0.2) is 16.8 Å². The molecule has 4 aromatic carbocycles. The predicted molar refractivity (Wildman–Crippen MR) is 151 cm³/mol. The van der Waals surface area contributed by atoms with E-state index in [1.165, 1.54) is 60.3 Å². The van der Waals surface area contributed by atoms with E-state index in [0.717, 1.165) is 0 Å². The zero-order chi connectivity index (χ0) is 27.8. The molecule has 0 saturated carbocycles. The molecule has 0 amide bonds. The summed E-state index contributed by atoms with van der Waals surface area (Å²) in [4.78, 5) is 26.7. The zero-order valence-electron chi connectivity index (χ0n) is 20.1. The normalized spacial score (nSPS) is 13.1. The molecule has 5 rings (SSSR count). The maximum absolute atomic E-state index is 13.5. The Balaban J connectivity index is 1.40. The minimum absolute atomic E-state index is 0.0247. The Morgan fingerprint density at radius 1 is 0.692 bits per heavy atom. The van der Waals surface area contributed by atoms with Crippen molar-refractivity contribution in [1.82, 2.24) is 0 Å². The van der Waals surface area contributed by atoms with E-state index in [1.807, 2.05) is 0 Å². The highest BCUT2D eigenvalue weighted by Crippen LogP contribution is 2.34. The van der Waals surface area contributed by atoms with Crippen molar-refractivity contribution in [3.8, 4) is 0 Å². The summed E-state index contributed by atoms with van der Waals surface area (Å²) in [6.07, 6.45) is 0. The summed E-state index contributed by atoms with van der Waals surface area (Å²) in [5.41, 5.74) is 0.451. The number of sulfone groups is 1. The summed E-state index contributed by atoms with van der Waals surface area (Å²) in [5.74, 6) is -0.983. The second-order valence-corrected chi connectivity index (χ2v) is 13.9. The molecule has 39 heavy (non-hydrogen) atoms. The molecule has 0 unspecified atom stereocenters. The quantitative estimate of drug-likeness (QED) is 0.235. The van der Waals surface area contributed by atoms with Gasteiger partial charge in [-0.15, -0.1) is 11.8 Å². The number of thioether (sulfide) groups is 1. The highest BCUT2D eigenvalue weighted by Gasteiger charge is 2.35. The van der Waals surface area contributed by atoms with Crippen LogP contribution in [0.1, 0.15) is 31.8 Å². The molecule has 0 saturated heterocycles. The minimum Gasteiger partial charge on any atom is -0.289 e. The molecular weight excluding hydrogens is 578 g/mol. The number of nitrogens with one attached hydrogen (secondary N) is 1. The second kappa shape index (κ2) is 10.6. The number of fused-ring (bicyclic) bond motifs is 2. The van der Waals surface area contributed by atoms with Gasteiger partial charge in [0.05, 0.1) is 26.8 Å². The number of carbonyl (C=O) groups is 2. The van der Waals surface area contributed by atoms with Crippen LogP contribution in [0.2, 0.25) is 5.02 Å². The van der Waals surface area contributed by atoms with E-state index in [-0.39, 0.29) is 49.2 Å². The Morgan fingerprint density at radius 3 is 2.03 bits per heavy atom. The monoisotopic (exact) mass is 597 g/mol. The van der Waals surface area contributed by atoms with Gasteiger partial charge in [0.2, 0.25) is 0 Å². The van der Waals surface area contributed by atoms with E-state index < -0.39 is 31.4 Å². The molecular formula is C28H20ClNO6S3. The van der Waals surface area contributed by atoms with Crippen LogP contribution in [0.25, 0.3) is 0 Å². The van der Waals surface area contributed by atoms with Crippen LogP contribution >= 0.6 is 23.4 Å². The molecule has 7 nitrogen and oxygen atoms in total. The highest BCUT2D eigenvalue weighted by atomic mass is 35.5. The molecule has 0 fully saturated rings. The lowest BCUT2D eigenvalue weighted by Gasteiger charge is -2.20. The molecule has 0 aliphatic heterocycles. The summed E-state index contributed by atoms with van der Waals surface area (Å²) >= 11 is 7.02. The van der Waals surface area contributed by atoms with E-state index in [0.29, 0.717) is 9.92 Å². The number of benzene rings is 4. The zero-order valence-corrected chi connectivity index (χ0v) is 23.3. The van der Waals surface area contributed by atoms with Crippen LogP contribution in [-0.4, -0.2) is 39.9 Å². The van der Waals surface area contributed by atoms with E-state index in [1.54, 1.807) is 42.5 Å². The molecule has 4 aromatic rings.